The van der Waals surface area contributed by atoms with Crippen LogP contribution in [0.15, 0.2) is 42.5 Å². The minimum atomic E-state index is -0.594. The van der Waals surface area contributed by atoms with E-state index in [4.69, 9.17) is 26.7 Å². The van der Waals surface area contributed by atoms with Crippen LogP contribution in [0.1, 0.15) is 30.7 Å². The fourth-order valence-electron chi connectivity index (χ4n) is 3.15. The van der Waals surface area contributed by atoms with E-state index in [1.807, 2.05) is 24.3 Å². The highest BCUT2D eigenvalue weighted by Gasteiger charge is 2.14. The van der Waals surface area contributed by atoms with E-state index in [0.717, 1.165) is 17.5 Å². The molecule has 32 heavy (non-hydrogen) atoms. The molecule has 0 bridgehead atoms. The standard InChI is InChI=1S/C23H29N5O3S/c1-14(2)9-16-10-18(30-21-20(7-8-24)28-22(26)32-21)12-19(11-16)31-23(29)27-17-5-3-15(13-25)4-6-17/h3-6,10-12,14H,7-9,13,24-25H2,1-2H3,(H2,26,28)(H,27,29). The third kappa shape index (κ3) is 6.68. The van der Waals surface area contributed by atoms with Crippen LogP contribution in [0.4, 0.5) is 15.6 Å². The number of nitrogens with one attached hydrogen (secondary N) is 1. The van der Waals surface area contributed by atoms with E-state index < -0.39 is 6.09 Å². The van der Waals surface area contributed by atoms with Crippen LogP contribution in [-0.4, -0.2) is 17.6 Å². The molecule has 8 nitrogen and oxygen atoms in total. The summed E-state index contributed by atoms with van der Waals surface area (Å²) in [6, 6.07) is 12.7. The van der Waals surface area contributed by atoms with E-state index >= 15 is 0 Å². The highest BCUT2D eigenvalue weighted by molar-refractivity contribution is 7.17. The van der Waals surface area contributed by atoms with Gasteiger partial charge in [0.05, 0.1) is 5.69 Å². The third-order valence-corrected chi connectivity index (χ3v) is 5.30. The molecule has 0 spiro atoms. The normalized spacial score (nSPS) is 10.9. The molecule has 2 aromatic carbocycles. The number of anilines is 2. The number of ether oxygens (including phenoxy) is 2. The predicted molar refractivity (Wildman–Crippen MR) is 128 cm³/mol. The SMILES string of the molecule is CC(C)Cc1cc(OC(=O)Nc2ccc(CN)cc2)cc(Oc2sc(N)nc2CCN)c1. The van der Waals surface area contributed by atoms with Crippen molar-refractivity contribution in [2.75, 3.05) is 17.6 Å². The predicted octanol–water partition coefficient (Wildman–Crippen LogP) is 4.29. The summed E-state index contributed by atoms with van der Waals surface area (Å²) >= 11 is 1.25. The Labute approximate surface area is 191 Å². The van der Waals surface area contributed by atoms with Crippen LogP contribution < -0.4 is 32.0 Å². The lowest BCUT2D eigenvalue weighted by atomic mass is 10.0. The number of nitrogens with two attached hydrogens (primary N) is 3. The number of thiazole rings is 1. The summed E-state index contributed by atoms with van der Waals surface area (Å²) in [4.78, 5) is 16.7. The average Bonchev–Trinajstić information content (AvgIpc) is 3.06. The zero-order valence-corrected chi connectivity index (χ0v) is 19.1. The first-order valence-corrected chi connectivity index (χ1v) is 11.2. The average molecular weight is 456 g/mol. The molecule has 0 saturated heterocycles. The lowest BCUT2D eigenvalue weighted by Crippen LogP contribution is -2.17. The summed E-state index contributed by atoms with van der Waals surface area (Å²) in [5.74, 6) is 1.34. The second kappa shape index (κ2) is 10.9. The van der Waals surface area contributed by atoms with Crippen molar-refractivity contribution in [3.63, 3.8) is 0 Å². The maximum atomic E-state index is 12.4. The molecule has 0 fully saturated rings. The van der Waals surface area contributed by atoms with Gasteiger partial charge in [0.2, 0.25) is 5.06 Å². The topological polar surface area (TPSA) is 139 Å². The van der Waals surface area contributed by atoms with Crippen LogP contribution in [0.5, 0.6) is 16.6 Å². The van der Waals surface area contributed by atoms with E-state index in [2.05, 4.69) is 24.1 Å². The Morgan fingerprint density at radius 3 is 2.47 bits per heavy atom. The summed E-state index contributed by atoms with van der Waals surface area (Å²) in [5.41, 5.74) is 20.4. The Morgan fingerprint density at radius 2 is 1.81 bits per heavy atom. The van der Waals surface area contributed by atoms with Gasteiger partial charge in [0.1, 0.15) is 11.5 Å². The molecular weight excluding hydrogens is 426 g/mol. The van der Waals surface area contributed by atoms with Crippen molar-refractivity contribution in [2.24, 2.45) is 17.4 Å². The highest BCUT2D eigenvalue weighted by atomic mass is 32.1. The van der Waals surface area contributed by atoms with Crippen molar-refractivity contribution in [1.29, 1.82) is 0 Å². The van der Waals surface area contributed by atoms with Gasteiger partial charge >= 0.3 is 6.09 Å². The molecule has 9 heteroatoms. The molecule has 0 atom stereocenters. The Kier molecular flexibility index (Phi) is 8.04. The summed E-state index contributed by atoms with van der Waals surface area (Å²) in [7, 11) is 0. The van der Waals surface area contributed by atoms with Crippen LogP contribution in [0, 0.1) is 5.92 Å². The highest BCUT2D eigenvalue weighted by Crippen LogP contribution is 2.35. The Balaban J connectivity index is 1.79. The van der Waals surface area contributed by atoms with E-state index in [-0.39, 0.29) is 0 Å². The quantitative estimate of drug-likeness (QED) is 0.377. The van der Waals surface area contributed by atoms with Gasteiger partial charge in [-0.1, -0.05) is 37.3 Å². The van der Waals surface area contributed by atoms with Crippen LogP contribution >= 0.6 is 11.3 Å². The van der Waals surface area contributed by atoms with Gasteiger partial charge in [-0.2, -0.15) is 0 Å². The molecule has 0 aliphatic carbocycles. The molecule has 7 N–H and O–H groups in total. The van der Waals surface area contributed by atoms with Gasteiger partial charge in [-0.05, 0) is 54.3 Å². The first kappa shape index (κ1) is 23.5. The molecule has 170 valence electrons. The van der Waals surface area contributed by atoms with Crippen LogP contribution in [-0.2, 0) is 19.4 Å². The summed E-state index contributed by atoms with van der Waals surface area (Å²) in [6.45, 7) is 5.12. The first-order chi connectivity index (χ1) is 15.4. The van der Waals surface area contributed by atoms with Crippen molar-refractivity contribution in [3.05, 3.63) is 59.3 Å². The molecule has 0 aliphatic rings. The number of nitrogen functional groups attached to an aromatic ring is 1. The molecule has 0 radical (unpaired) electrons. The zero-order chi connectivity index (χ0) is 23.1. The fourth-order valence-corrected chi connectivity index (χ4v) is 3.90. The number of carbonyl (C=O) groups excluding carboxylic acids is 1. The first-order valence-electron chi connectivity index (χ1n) is 10.4. The van der Waals surface area contributed by atoms with E-state index in [1.54, 1.807) is 18.2 Å². The van der Waals surface area contributed by atoms with Gasteiger partial charge in [0.15, 0.2) is 5.13 Å². The molecule has 0 saturated carbocycles. The second-order valence-electron chi connectivity index (χ2n) is 7.75. The summed E-state index contributed by atoms with van der Waals surface area (Å²) in [6.07, 6.45) is 0.767. The third-order valence-electron chi connectivity index (χ3n) is 4.50. The number of benzene rings is 2. The van der Waals surface area contributed by atoms with Crippen molar-refractivity contribution < 1.29 is 14.3 Å². The van der Waals surface area contributed by atoms with Crippen molar-refractivity contribution in [2.45, 2.75) is 33.2 Å². The van der Waals surface area contributed by atoms with Crippen LogP contribution in [0.2, 0.25) is 0 Å². The van der Waals surface area contributed by atoms with Crippen LogP contribution in [0.25, 0.3) is 0 Å². The molecule has 3 aromatic rings. The molecule has 3 rings (SSSR count). The maximum Gasteiger partial charge on any atom is 0.417 e. The van der Waals surface area contributed by atoms with E-state index in [9.17, 15) is 4.79 Å². The summed E-state index contributed by atoms with van der Waals surface area (Å²) < 4.78 is 11.6. The van der Waals surface area contributed by atoms with E-state index in [1.165, 1.54) is 11.3 Å². The molecule has 0 unspecified atom stereocenters. The van der Waals surface area contributed by atoms with Crippen molar-refractivity contribution in [3.8, 4) is 16.6 Å². The molecular formula is C23H29N5O3S. The number of aromatic nitrogens is 1. The molecule has 1 amide bonds. The lowest BCUT2D eigenvalue weighted by Gasteiger charge is -2.13. The maximum absolute atomic E-state index is 12.4. The Bertz CT molecular complexity index is 1050. The fraction of sp³-hybridized carbons (Fsp3) is 0.304. The van der Waals surface area contributed by atoms with Gasteiger partial charge in [0, 0.05) is 24.7 Å². The van der Waals surface area contributed by atoms with Gasteiger partial charge in [-0.25, -0.2) is 9.78 Å². The molecule has 1 heterocycles. The largest absolute Gasteiger partial charge is 0.444 e. The van der Waals surface area contributed by atoms with Gasteiger partial charge in [-0.15, -0.1) is 0 Å². The number of nitrogens with zero attached hydrogens (tertiary/aromatic N) is 1. The number of carbonyl (C=O) groups is 1. The lowest BCUT2D eigenvalue weighted by molar-refractivity contribution is 0.215. The van der Waals surface area contributed by atoms with Gasteiger partial charge < -0.3 is 26.7 Å². The second-order valence-corrected chi connectivity index (χ2v) is 8.75. The molecule has 0 aliphatic heterocycles. The van der Waals surface area contributed by atoms with Gasteiger partial charge in [-0.3, -0.25) is 5.32 Å². The number of hydrogen-bond acceptors (Lipinski definition) is 8. The smallest absolute Gasteiger partial charge is 0.417 e. The van der Waals surface area contributed by atoms with Gasteiger partial charge in [0.25, 0.3) is 0 Å². The van der Waals surface area contributed by atoms with Crippen molar-refractivity contribution in [1.82, 2.24) is 4.98 Å². The number of amides is 1. The summed E-state index contributed by atoms with van der Waals surface area (Å²) in [5, 5.41) is 3.72. The minimum absolute atomic E-state index is 0.382. The number of hydrogen-bond donors (Lipinski definition) is 4. The monoisotopic (exact) mass is 455 g/mol. The zero-order valence-electron chi connectivity index (χ0n) is 18.3. The van der Waals surface area contributed by atoms with Crippen LogP contribution in [0.3, 0.4) is 0 Å². The van der Waals surface area contributed by atoms with E-state index in [0.29, 0.717) is 58.5 Å². The molecule has 1 aromatic heterocycles. The minimum Gasteiger partial charge on any atom is -0.444 e. The Morgan fingerprint density at radius 1 is 1.09 bits per heavy atom. The number of rotatable bonds is 9. The van der Waals surface area contributed by atoms with Crippen molar-refractivity contribution >= 4 is 28.2 Å². The Hall–Kier alpha value is -3.14.